The van der Waals surface area contributed by atoms with E-state index in [1.54, 1.807) is 48.5 Å². The molecule has 0 unspecified atom stereocenters. The number of carbonyl (C=O) groups excluding carboxylic acids is 1. The van der Waals surface area contributed by atoms with Gasteiger partial charge in [-0.3, -0.25) is 9.10 Å². The summed E-state index contributed by atoms with van der Waals surface area (Å²) in [5, 5.41) is 11.7. The summed E-state index contributed by atoms with van der Waals surface area (Å²) in [5.41, 5.74) is 13.4. The molecule has 10 nitrogen and oxygen atoms in total. The highest BCUT2D eigenvalue weighted by Gasteiger charge is 2.29. The zero-order valence-corrected chi connectivity index (χ0v) is 21.3. The second-order valence-corrected chi connectivity index (χ2v) is 10.2. The summed E-state index contributed by atoms with van der Waals surface area (Å²) in [6.07, 6.45) is 0. The standard InChI is InChI=1S/C25H27ClN4O6S/c26-22-5-2-6-23(21(22)13-28)30(37(34,35)20-9-7-17(12-27)8-10-20)15-24(31)29-14-18-3-1-4-19(11-18)36-16-25(32)33/h1-11H,12-16,27-28H2,(H,29,31)(H,32,33). The second-order valence-electron chi connectivity index (χ2n) is 7.91. The van der Waals surface area contributed by atoms with Crippen LogP contribution in [0.1, 0.15) is 16.7 Å². The molecule has 0 bridgehead atoms. The van der Waals surface area contributed by atoms with E-state index in [9.17, 15) is 18.0 Å². The first-order valence-electron chi connectivity index (χ1n) is 11.1. The molecule has 6 N–H and O–H groups in total. The van der Waals surface area contributed by atoms with Crippen LogP contribution in [0.5, 0.6) is 5.75 Å². The molecule has 0 aromatic heterocycles. The summed E-state index contributed by atoms with van der Waals surface area (Å²) in [5.74, 6) is -1.37. The molecule has 3 aromatic carbocycles. The third kappa shape index (κ3) is 7.20. The van der Waals surface area contributed by atoms with E-state index in [4.69, 9.17) is 32.9 Å². The quantitative estimate of drug-likeness (QED) is 0.268. The van der Waals surface area contributed by atoms with Crippen molar-refractivity contribution in [3.63, 3.8) is 0 Å². The van der Waals surface area contributed by atoms with Crippen molar-refractivity contribution in [1.29, 1.82) is 0 Å². The zero-order chi connectivity index (χ0) is 27.0. The first-order valence-corrected chi connectivity index (χ1v) is 13.0. The number of nitrogens with one attached hydrogen (secondary N) is 1. The predicted octanol–water partition coefficient (Wildman–Crippen LogP) is 2.23. The van der Waals surface area contributed by atoms with Gasteiger partial charge in [-0.2, -0.15) is 0 Å². The van der Waals surface area contributed by atoms with Crippen molar-refractivity contribution in [3.05, 3.63) is 88.4 Å². The monoisotopic (exact) mass is 546 g/mol. The molecule has 0 aliphatic rings. The first kappa shape index (κ1) is 27.9. The summed E-state index contributed by atoms with van der Waals surface area (Å²) < 4.78 is 33.4. The highest BCUT2D eigenvalue weighted by molar-refractivity contribution is 7.92. The SMILES string of the molecule is NCc1ccc(S(=O)(=O)N(CC(=O)NCc2cccc(OCC(=O)O)c2)c2cccc(Cl)c2CN)cc1. The topological polar surface area (TPSA) is 165 Å². The maximum absolute atomic E-state index is 13.7. The number of ether oxygens (including phenoxy) is 1. The summed E-state index contributed by atoms with van der Waals surface area (Å²) in [7, 11) is -4.19. The van der Waals surface area contributed by atoms with Crippen molar-refractivity contribution in [2.45, 2.75) is 24.5 Å². The molecule has 12 heteroatoms. The average molecular weight is 547 g/mol. The van der Waals surface area contributed by atoms with Gasteiger partial charge < -0.3 is 26.6 Å². The van der Waals surface area contributed by atoms with Gasteiger partial charge in [0.15, 0.2) is 6.61 Å². The molecule has 196 valence electrons. The molecular weight excluding hydrogens is 520 g/mol. The molecule has 0 spiro atoms. The Kier molecular flexibility index (Phi) is 9.48. The van der Waals surface area contributed by atoms with E-state index in [1.165, 1.54) is 18.2 Å². The molecule has 0 heterocycles. The number of carbonyl (C=O) groups is 2. The normalized spacial score (nSPS) is 11.1. The summed E-state index contributed by atoms with van der Waals surface area (Å²) in [4.78, 5) is 23.6. The Bertz CT molecular complexity index is 1370. The van der Waals surface area contributed by atoms with Crippen LogP contribution < -0.4 is 25.8 Å². The molecule has 37 heavy (non-hydrogen) atoms. The Morgan fingerprint density at radius 1 is 0.973 bits per heavy atom. The van der Waals surface area contributed by atoms with Gasteiger partial charge in [0.05, 0.1) is 10.6 Å². The molecule has 3 rings (SSSR count). The van der Waals surface area contributed by atoms with Gasteiger partial charge in [-0.1, -0.05) is 41.9 Å². The minimum atomic E-state index is -4.19. The number of aliphatic carboxylic acids is 1. The number of hydrogen-bond donors (Lipinski definition) is 4. The number of carboxylic acids is 1. The number of carboxylic acid groups (broad SMARTS) is 1. The third-order valence-corrected chi connectivity index (χ3v) is 7.48. The van der Waals surface area contributed by atoms with Crippen LogP contribution in [0.4, 0.5) is 5.69 Å². The van der Waals surface area contributed by atoms with Crippen molar-refractivity contribution in [2.75, 3.05) is 17.5 Å². The predicted molar refractivity (Wildman–Crippen MR) is 140 cm³/mol. The average Bonchev–Trinajstić information content (AvgIpc) is 2.89. The number of nitrogens with zero attached hydrogens (tertiary/aromatic N) is 1. The van der Waals surface area contributed by atoms with Gasteiger partial charge >= 0.3 is 5.97 Å². The minimum absolute atomic E-state index is 0.0243. The van der Waals surface area contributed by atoms with Gasteiger partial charge in [-0.25, -0.2) is 13.2 Å². The molecular formula is C25H27ClN4O6S. The fraction of sp³-hybridized carbons (Fsp3) is 0.200. The fourth-order valence-corrected chi connectivity index (χ4v) is 5.18. The van der Waals surface area contributed by atoms with Crippen molar-refractivity contribution < 1.29 is 27.9 Å². The highest BCUT2D eigenvalue weighted by atomic mass is 35.5. The van der Waals surface area contributed by atoms with E-state index in [0.29, 0.717) is 16.9 Å². The molecule has 0 atom stereocenters. The maximum Gasteiger partial charge on any atom is 0.341 e. The highest BCUT2D eigenvalue weighted by Crippen LogP contribution is 2.31. The number of nitrogens with two attached hydrogens (primary N) is 2. The molecule has 0 saturated carbocycles. The molecule has 0 fully saturated rings. The van der Waals surface area contributed by atoms with Gasteiger partial charge in [-0.05, 0) is 47.5 Å². The largest absolute Gasteiger partial charge is 0.482 e. The van der Waals surface area contributed by atoms with E-state index in [-0.39, 0.29) is 35.2 Å². The Hall–Kier alpha value is -3.64. The Labute approximate surface area is 219 Å². The number of benzene rings is 3. The zero-order valence-electron chi connectivity index (χ0n) is 19.8. The van der Waals surface area contributed by atoms with Crippen LogP contribution in [0.25, 0.3) is 0 Å². The van der Waals surface area contributed by atoms with Crippen LogP contribution >= 0.6 is 11.6 Å². The smallest absolute Gasteiger partial charge is 0.341 e. The summed E-state index contributed by atoms with van der Waals surface area (Å²) in [6.45, 7) is -0.776. The number of sulfonamides is 1. The number of halogens is 1. The Morgan fingerprint density at radius 3 is 2.32 bits per heavy atom. The van der Waals surface area contributed by atoms with Crippen molar-refractivity contribution in [2.24, 2.45) is 11.5 Å². The van der Waals surface area contributed by atoms with Crippen LogP contribution in [0.2, 0.25) is 5.02 Å². The number of amides is 1. The van der Waals surface area contributed by atoms with Crippen LogP contribution in [-0.2, 0) is 39.2 Å². The van der Waals surface area contributed by atoms with Gasteiger partial charge in [0, 0.05) is 30.2 Å². The molecule has 1 amide bonds. The molecule has 0 aliphatic heterocycles. The number of anilines is 1. The number of hydrogen-bond acceptors (Lipinski definition) is 7. The minimum Gasteiger partial charge on any atom is -0.482 e. The van der Waals surface area contributed by atoms with E-state index in [1.807, 2.05) is 0 Å². The van der Waals surface area contributed by atoms with Gasteiger partial charge in [0.2, 0.25) is 5.91 Å². The maximum atomic E-state index is 13.7. The van der Waals surface area contributed by atoms with E-state index < -0.39 is 35.1 Å². The lowest BCUT2D eigenvalue weighted by Gasteiger charge is -2.26. The lowest BCUT2D eigenvalue weighted by Crippen LogP contribution is -2.41. The van der Waals surface area contributed by atoms with E-state index in [2.05, 4.69) is 5.32 Å². The van der Waals surface area contributed by atoms with Crippen LogP contribution in [0.3, 0.4) is 0 Å². The summed E-state index contributed by atoms with van der Waals surface area (Å²) >= 11 is 6.28. The van der Waals surface area contributed by atoms with Crippen molar-refractivity contribution in [1.82, 2.24) is 5.32 Å². The second kappa shape index (κ2) is 12.5. The van der Waals surface area contributed by atoms with Gasteiger partial charge in [0.1, 0.15) is 12.3 Å². The lowest BCUT2D eigenvalue weighted by atomic mass is 10.1. The molecule has 3 aromatic rings. The lowest BCUT2D eigenvalue weighted by molar-refractivity contribution is -0.139. The van der Waals surface area contributed by atoms with E-state index in [0.717, 1.165) is 9.87 Å². The Balaban J connectivity index is 1.86. The van der Waals surface area contributed by atoms with Gasteiger partial charge in [-0.15, -0.1) is 0 Å². The molecule has 0 saturated heterocycles. The van der Waals surface area contributed by atoms with Crippen LogP contribution in [-0.4, -0.2) is 38.6 Å². The molecule has 0 radical (unpaired) electrons. The van der Waals surface area contributed by atoms with Crippen LogP contribution in [0, 0.1) is 0 Å². The van der Waals surface area contributed by atoms with Gasteiger partial charge in [0.25, 0.3) is 10.0 Å². The first-order chi connectivity index (χ1) is 17.6. The molecule has 0 aliphatic carbocycles. The summed E-state index contributed by atoms with van der Waals surface area (Å²) in [6, 6.07) is 17.3. The fourth-order valence-electron chi connectivity index (χ4n) is 3.48. The van der Waals surface area contributed by atoms with Crippen LogP contribution in [0.15, 0.2) is 71.6 Å². The van der Waals surface area contributed by atoms with Crippen molar-refractivity contribution >= 4 is 39.2 Å². The third-order valence-electron chi connectivity index (χ3n) is 5.35. The van der Waals surface area contributed by atoms with Crippen molar-refractivity contribution in [3.8, 4) is 5.75 Å². The number of rotatable bonds is 12. The van der Waals surface area contributed by atoms with E-state index >= 15 is 0 Å². The Morgan fingerprint density at radius 2 is 1.68 bits per heavy atom.